The van der Waals surface area contributed by atoms with Crippen LogP contribution in [-0.2, 0) is 0 Å². The smallest absolute Gasteiger partial charge is 0.339 e. The zero-order valence-corrected chi connectivity index (χ0v) is 12.9. The van der Waals surface area contributed by atoms with E-state index >= 15 is 0 Å². The second-order valence-corrected chi connectivity index (χ2v) is 5.55. The number of aromatic nitrogens is 1. The molecule has 1 amide bonds. The summed E-state index contributed by atoms with van der Waals surface area (Å²) in [4.78, 5) is 29.5. The molecule has 1 saturated heterocycles. The molecule has 3 heterocycles. The third-order valence-electron chi connectivity index (χ3n) is 3.78. The molecule has 0 unspecified atom stereocenters. The van der Waals surface area contributed by atoms with Gasteiger partial charge >= 0.3 is 5.63 Å². The van der Waals surface area contributed by atoms with Crippen LogP contribution in [0, 0.1) is 6.92 Å². The average Bonchev–Trinajstić information content (AvgIpc) is 2.55. The Bertz CT molecular complexity index is 734. The summed E-state index contributed by atoms with van der Waals surface area (Å²) in [5.74, 6) is 0.990. The van der Waals surface area contributed by atoms with Crippen molar-refractivity contribution in [1.29, 1.82) is 0 Å². The van der Waals surface area contributed by atoms with Crippen LogP contribution in [0.4, 0.5) is 0 Å². The van der Waals surface area contributed by atoms with Crippen molar-refractivity contribution in [2.75, 3.05) is 13.1 Å². The number of carbonyl (C=O) groups is 1. The number of pyridine rings is 1. The first-order chi connectivity index (χ1) is 11.1. The molecule has 23 heavy (non-hydrogen) atoms. The minimum Gasteiger partial charge on any atom is -0.490 e. The summed E-state index contributed by atoms with van der Waals surface area (Å²) >= 11 is 0. The molecule has 3 rings (SSSR count). The van der Waals surface area contributed by atoms with Gasteiger partial charge in [0.15, 0.2) is 0 Å². The molecule has 6 nitrogen and oxygen atoms in total. The maximum atomic E-state index is 12.3. The second-order valence-electron chi connectivity index (χ2n) is 5.55. The number of piperidine rings is 1. The molecule has 0 N–H and O–H groups in total. The second kappa shape index (κ2) is 6.64. The maximum Gasteiger partial charge on any atom is 0.339 e. The van der Waals surface area contributed by atoms with E-state index in [0.29, 0.717) is 30.3 Å². The van der Waals surface area contributed by atoms with Crippen LogP contribution in [0.1, 0.15) is 29.1 Å². The Hall–Kier alpha value is -2.63. The molecule has 0 aromatic carbocycles. The highest BCUT2D eigenvalue weighted by atomic mass is 16.5. The van der Waals surface area contributed by atoms with E-state index < -0.39 is 5.63 Å². The molecular weight excluding hydrogens is 296 g/mol. The monoisotopic (exact) mass is 314 g/mol. The van der Waals surface area contributed by atoms with Crippen molar-refractivity contribution in [2.45, 2.75) is 25.9 Å². The van der Waals surface area contributed by atoms with Crippen LogP contribution in [0.25, 0.3) is 0 Å². The van der Waals surface area contributed by atoms with Crippen LogP contribution in [0.3, 0.4) is 0 Å². The van der Waals surface area contributed by atoms with Crippen molar-refractivity contribution in [1.82, 2.24) is 9.88 Å². The van der Waals surface area contributed by atoms with Gasteiger partial charge in [-0.1, -0.05) is 6.07 Å². The van der Waals surface area contributed by atoms with Gasteiger partial charge in [-0.15, -0.1) is 0 Å². The van der Waals surface area contributed by atoms with Crippen LogP contribution < -0.4 is 10.4 Å². The standard InChI is InChI=1S/C17H18N2O4/c1-12-10-14(11-16(20)22-12)23-13-5-8-19(9-6-13)17(21)15-4-2-3-7-18-15/h2-4,7,10-11,13H,5-6,8-9H2,1H3. The third kappa shape index (κ3) is 3.77. The average molecular weight is 314 g/mol. The Morgan fingerprint density at radius 2 is 2.09 bits per heavy atom. The number of hydrogen-bond acceptors (Lipinski definition) is 5. The first-order valence-electron chi connectivity index (χ1n) is 7.60. The molecule has 0 spiro atoms. The first kappa shape index (κ1) is 15.3. The van der Waals surface area contributed by atoms with Gasteiger partial charge < -0.3 is 14.1 Å². The lowest BCUT2D eigenvalue weighted by molar-refractivity contribution is 0.0589. The molecule has 1 aliphatic rings. The number of ether oxygens (including phenoxy) is 1. The van der Waals surface area contributed by atoms with Gasteiger partial charge in [-0.2, -0.15) is 0 Å². The van der Waals surface area contributed by atoms with Crippen LogP contribution in [-0.4, -0.2) is 35.0 Å². The summed E-state index contributed by atoms with van der Waals surface area (Å²) in [5, 5.41) is 0. The molecule has 0 aliphatic carbocycles. The fourth-order valence-electron chi connectivity index (χ4n) is 2.66. The first-order valence-corrected chi connectivity index (χ1v) is 7.60. The minimum absolute atomic E-state index is 0.0102. The van der Waals surface area contributed by atoms with E-state index in [1.807, 2.05) is 0 Å². The van der Waals surface area contributed by atoms with E-state index in [0.717, 1.165) is 12.8 Å². The summed E-state index contributed by atoms with van der Waals surface area (Å²) < 4.78 is 10.7. The van der Waals surface area contributed by atoms with Gasteiger partial charge in [-0.05, 0) is 19.1 Å². The van der Waals surface area contributed by atoms with E-state index in [9.17, 15) is 9.59 Å². The Kier molecular flexibility index (Phi) is 4.41. The number of aryl methyl sites for hydroxylation is 1. The van der Waals surface area contributed by atoms with Crippen LogP contribution in [0.15, 0.2) is 45.7 Å². The van der Waals surface area contributed by atoms with Crippen molar-refractivity contribution in [3.8, 4) is 5.75 Å². The fraction of sp³-hybridized carbons (Fsp3) is 0.353. The summed E-state index contributed by atoms with van der Waals surface area (Å²) in [6, 6.07) is 8.36. The van der Waals surface area contributed by atoms with Gasteiger partial charge in [-0.25, -0.2) is 4.79 Å². The number of hydrogen-bond donors (Lipinski definition) is 0. The van der Waals surface area contributed by atoms with Crippen molar-refractivity contribution in [2.24, 2.45) is 0 Å². The van der Waals surface area contributed by atoms with Crippen molar-refractivity contribution >= 4 is 5.91 Å². The van der Waals surface area contributed by atoms with Gasteiger partial charge in [0.25, 0.3) is 5.91 Å². The zero-order valence-electron chi connectivity index (χ0n) is 12.9. The van der Waals surface area contributed by atoms with Gasteiger partial charge in [0.1, 0.15) is 23.3 Å². The summed E-state index contributed by atoms with van der Waals surface area (Å²) in [7, 11) is 0. The molecule has 2 aromatic rings. The number of amides is 1. The van der Waals surface area contributed by atoms with Crippen LogP contribution >= 0.6 is 0 Å². The Morgan fingerprint density at radius 1 is 1.30 bits per heavy atom. The van der Waals surface area contributed by atoms with Crippen molar-refractivity contribution in [3.63, 3.8) is 0 Å². The van der Waals surface area contributed by atoms with Crippen LogP contribution in [0.2, 0.25) is 0 Å². The Balaban J connectivity index is 1.58. The van der Waals surface area contributed by atoms with Gasteiger partial charge in [-0.3, -0.25) is 9.78 Å². The summed E-state index contributed by atoms with van der Waals surface area (Å²) in [6.45, 7) is 2.93. The third-order valence-corrected chi connectivity index (χ3v) is 3.78. The Labute approximate surface area is 133 Å². The fourth-order valence-corrected chi connectivity index (χ4v) is 2.66. The van der Waals surface area contributed by atoms with Gasteiger partial charge in [0.2, 0.25) is 0 Å². The zero-order chi connectivity index (χ0) is 16.2. The number of nitrogens with zero attached hydrogens (tertiary/aromatic N) is 2. The summed E-state index contributed by atoms with van der Waals surface area (Å²) in [6.07, 6.45) is 3.05. The topological polar surface area (TPSA) is 72.6 Å². The maximum absolute atomic E-state index is 12.3. The number of rotatable bonds is 3. The highest BCUT2D eigenvalue weighted by Crippen LogP contribution is 2.19. The predicted molar refractivity (Wildman–Crippen MR) is 83.5 cm³/mol. The lowest BCUT2D eigenvalue weighted by atomic mass is 10.1. The summed E-state index contributed by atoms with van der Waals surface area (Å²) in [5.41, 5.74) is 0.0472. The highest BCUT2D eigenvalue weighted by Gasteiger charge is 2.25. The van der Waals surface area contributed by atoms with Crippen molar-refractivity contribution in [3.05, 3.63) is 58.4 Å². The van der Waals surface area contributed by atoms with E-state index in [1.165, 1.54) is 6.07 Å². The molecule has 0 bridgehead atoms. The molecule has 0 atom stereocenters. The minimum atomic E-state index is -0.414. The molecular formula is C17H18N2O4. The molecule has 6 heteroatoms. The molecule has 0 radical (unpaired) electrons. The normalized spacial score (nSPS) is 15.4. The van der Waals surface area contributed by atoms with Gasteiger partial charge in [0, 0.05) is 38.2 Å². The highest BCUT2D eigenvalue weighted by molar-refractivity contribution is 5.92. The van der Waals surface area contributed by atoms with Gasteiger partial charge in [0.05, 0.1) is 6.07 Å². The molecule has 2 aromatic heterocycles. The quantitative estimate of drug-likeness (QED) is 0.866. The predicted octanol–water partition coefficient (Wildman–Crippen LogP) is 2.03. The Morgan fingerprint density at radius 3 is 2.74 bits per heavy atom. The van der Waals surface area contributed by atoms with E-state index in [4.69, 9.17) is 9.15 Å². The van der Waals surface area contributed by atoms with E-state index in [2.05, 4.69) is 4.98 Å². The lowest BCUT2D eigenvalue weighted by Crippen LogP contribution is -2.42. The molecule has 1 fully saturated rings. The molecule has 120 valence electrons. The molecule has 1 aliphatic heterocycles. The van der Waals surface area contributed by atoms with E-state index in [-0.39, 0.29) is 12.0 Å². The number of likely N-dealkylation sites (tertiary alicyclic amines) is 1. The number of carbonyl (C=O) groups excluding carboxylic acids is 1. The van der Waals surface area contributed by atoms with Crippen LogP contribution in [0.5, 0.6) is 5.75 Å². The van der Waals surface area contributed by atoms with Crippen molar-refractivity contribution < 1.29 is 13.9 Å². The molecule has 0 saturated carbocycles. The largest absolute Gasteiger partial charge is 0.490 e. The lowest BCUT2D eigenvalue weighted by Gasteiger charge is -2.32. The van der Waals surface area contributed by atoms with E-state index in [1.54, 1.807) is 42.3 Å². The SMILES string of the molecule is Cc1cc(OC2CCN(C(=O)c3ccccn3)CC2)cc(=O)o1.